The maximum absolute atomic E-state index is 10.4. The summed E-state index contributed by atoms with van der Waals surface area (Å²) in [6, 6.07) is 27.7. The van der Waals surface area contributed by atoms with E-state index in [1.54, 1.807) is 0 Å². The van der Waals surface area contributed by atoms with Crippen LogP contribution in [-0.2, 0) is 17.8 Å². The lowest BCUT2D eigenvalue weighted by molar-refractivity contribution is 0.0398. The van der Waals surface area contributed by atoms with E-state index in [1.165, 1.54) is 11.8 Å². The third-order valence-electron chi connectivity index (χ3n) is 4.82. The molecule has 0 saturated heterocycles. The Morgan fingerprint density at radius 3 is 2.22 bits per heavy atom. The van der Waals surface area contributed by atoms with Crippen LogP contribution in [0.2, 0.25) is 5.02 Å². The van der Waals surface area contributed by atoms with Crippen LogP contribution in [0.5, 0.6) is 0 Å². The molecule has 0 aliphatic rings. The lowest BCUT2D eigenvalue weighted by atomic mass is 10.1. The zero-order chi connectivity index (χ0) is 22.2. The highest BCUT2D eigenvalue weighted by atomic mass is 35.5. The van der Waals surface area contributed by atoms with Crippen molar-refractivity contribution in [1.29, 1.82) is 0 Å². The largest absolute Gasteiger partial charge is 0.390 e. The molecule has 1 atom stereocenters. The molecule has 5 nitrogen and oxygen atoms in total. The second-order valence-corrected chi connectivity index (χ2v) is 8.76. The summed E-state index contributed by atoms with van der Waals surface area (Å²) < 4.78 is 7.68. The molecule has 1 unspecified atom stereocenters. The zero-order valence-corrected chi connectivity index (χ0v) is 19.0. The normalized spacial score (nSPS) is 12.1. The highest BCUT2D eigenvalue weighted by Crippen LogP contribution is 2.25. The van der Waals surface area contributed by atoms with Crippen molar-refractivity contribution in [3.05, 3.63) is 107 Å². The maximum Gasteiger partial charge on any atom is 0.195 e. The quantitative estimate of drug-likeness (QED) is 0.327. The first kappa shape index (κ1) is 22.6. The van der Waals surface area contributed by atoms with Gasteiger partial charge >= 0.3 is 0 Å². The number of hydrogen-bond donors (Lipinski definition) is 1. The number of aliphatic hydroxyl groups is 1. The van der Waals surface area contributed by atoms with Crippen molar-refractivity contribution in [3.8, 4) is 5.69 Å². The molecule has 4 aromatic rings. The summed E-state index contributed by atoms with van der Waals surface area (Å²) in [6.45, 7) is 0.735. The van der Waals surface area contributed by atoms with Crippen molar-refractivity contribution in [3.63, 3.8) is 0 Å². The van der Waals surface area contributed by atoms with E-state index in [1.807, 2.05) is 77.4 Å². The van der Waals surface area contributed by atoms with Crippen LogP contribution in [0.4, 0.5) is 0 Å². The Balaban J connectivity index is 1.43. The number of thioether (sulfide) groups is 1. The summed E-state index contributed by atoms with van der Waals surface area (Å²) in [5, 5.41) is 20.6. The van der Waals surface area contributed by atoms with Gasteiger partial charge in [0.2, 0.25) is 0 Å². The monoisotopic (exact) mass is 465 g/mol. The minimum atomic E-state index is -0.614. The third-order valence-corrected chi connectivity index (χ3v) is 6.14. The van der Waals surface area contributed by atoms with E-state index >= 15 is 0 Å². The number of halogens is 1. The molecule has 1 heterocycles. The van der Waals surface area contributed by atoms with Crippen molar-refractivity contribution in [2.75, 3.05) is 12.4 Å². The van der Waals surface area contributed by atoms with E-state index in [9.17, 15) is 5.11 Å². The van der Waals surface area contributed by atoms with Crippen LogP contribution < -0.4 is 0 Å². The van der Waals surface area contributed by atoms with Gasteiger partial charge in [0.25, 0.3) is 0 Å². The number of rotatable bonds is 10. The minimum Gasteiger partial charge on any atom is -0.390 e. The first-order valence-corrected chi connectivity index (χ1v) is 11.7. The zero-order valence-electron chi connectivity index (χ0n) is 17.5. The summed E-state index contributed by atoms with van der Waals surface area (Å²) in [5.74, 6) is 1.28. The Bertz CT molecular complexity index is 1110. The van der Waals surface area contributed by atoms with Crippen LogP contribution in [-0.4, -0.2) is 38.3 Å². The first-order chi connectivity index (χ1) is 15.7. The Kier molecular flexibility index (Phi) is 7.96. The molecule has 32 heavy (non-hydrogen) atoms. The van der Waals surface area contributed by atoms with Gasteiger partial charge in [0.1, 0.15) is 5.82 Å². The molecule has 0 saturated carbocycles. The molecule has 0 bridgehead atoms. The molecular weight excluding hydrogens is 442 g/mol. The Labute approximate surface area is 197 Å². The van der Waals surface area contributed by atoms with Gasteiger partial charge in [0, 0.05) is 22.9 Å². The van der Waals surface area contributed by atoms with Crippen molar-refractivity contribution >= 4 is 23.4 Å². The third kappa shape index (κ3) is 6.20. The fraction of sp³-hybridized carbons (Fsp3) is 0.200. The predicted octanol–water partition coefficient (Wildman–Crippen LogP) is 5.18. The maximum atomic E-state index is 10.4. The van der Waals surface area contributed by atoms with Gasteiger partial charge in [0.05, 0.1) is 19.3 Å². The van der Waals surface area contributed by atoms with Crippen LogP contribution in [0.1, 0.15) is 17.0 Å². The fourth-order valence-electron chi connectivity index (χ4n) is 3.24. The summed E-state index contributed by atoms with van der Waals surface area (Å²) in [5.41, 5.74) is 3.17. The number of nitrogens with zero attached hydrogens (tertiary/aromatic N) is 3. The number of aliphatic hydroxyl groups excluding tert-OH is 1. The number of ether oxygens (including phenoxy) is 1. The van der Waals surface area contributed by atoms with Crippen LogP contribution >= 0.6 is 23.4 Å². The molecule has 1 aromatic heterocycles. The highest BCUT2D eigenvalue weighted by Gasteiger charge is 2.17. The highest BCUT2D eigenvalue weighted by molar-refractivity contribution is 7.99. The number of aromatic nitrogens is 3. The molecule has 1 N–H and O–H groups in total. The molecular formula is C25H24ClN3O2S. The average molecular weight is 466 g/mol. The van der Waals surface area contributed by atoms with Gasteiger partial charge < -0.3 is 9.84 Å². The van der Waals surface area contributed by atoms with Gasteiger partial charge in [-0.2, -0.15) is 0 Å². The molecule has 0 fully saturated rings. The molecule has 3 aromatic carbocycles. The van der Waals surface area contributed by atoms with E-state index in [2.05, 4.69) is 22.3 Å². The van der Waals surface area contributed by atoms with E-state index < -0.39 is 6.10 Å². The van der Waals surface area contributed by atoms with E-state index in [4.69, 9.17) is 16.3 Å². The summed E-state index contributed by atoms with van der Waals surface area (Å²) in [6.07, 6.45) is 0.0383. The van der Waals surface area contributed by atoms with Gasteiger partial charge in [-0.15, -0.1) is 10.2 Å². The second kappa shape index (κ2) is 11.3. The SMILES string of the molecule is OC(COCc1ccccc1)CSc1nnc(Cc2ccccc2)n1-c1ccc(Cl)cc1. The second-order valence-electron chi connectivity index (χ2n) is 7.34. The van der Waals surface area contributed by atoms with Crippen LogP contribution in [0.25, 0.3) is 5.69 Å². The van der Waals surface area contributed by atoms with Crippen molar-refractivity contribution in [1.82, 2.24) is 14.8 Å². The fourth-order valence-corrected chi connectivity index (χ4v) is 4.24. The van der Waals surface area contributed by atoms with Crippen molar-refractivity contribution < 1.29 is 9.84 Å². The Morgan fingerprint density at radius 2 is 1.53 bits per heavy atom. The van der Waals surface area contributed by atoms with Crippen molar-refractivity contribution in [2.24, 2.45) is 0 Å². The van der Waals surface area contributed by atoms with E-state index in [-0.39, 0.29) is 6.61 Å². The van der Waals surface area contributed by atoms with Crippen molar-refractivity contribution in [2.45, 2.75) is 24.3 Å². The molecule has 0 aliphatic carbocycles. The minimum absolute atomic E-state index is 0.258. The molecule has 164 valence electrons. The molecule has 0 aliphatic heterocycles. The lowest BCUT2D eigenvalue weighted by Gasteiger charge is -2.13. The molecule has 0 amide bonds. The van der Waals surface area contributed by atoms with Gasteiger partial charge in [-0.1, -0.05) is 84.0 Å². The van der Waals surface area contributed by atoms with Gasteiger partial charge in [-0.3, -0.25) is 4.57 Å². The standard InChI is InChI=1S/C25H24ClN3O2S/c26-21-11-13-22(14-12-21)29-24(15-19-7-3-1-4-8-19)27-28-25(29)32-18-23(30)17-31-16-20-9-5-2-6-10-20/h1-14,23,30H,15-18H2. The topological polar surface area (TPSA) is 60.2 Å². The summed E-state index contributed by atoms with van der Waals surface area (Å²) in [7, 11) is 0. The van der Waals surface area contributed by atoms with Crippen LogP contribution in [0.3, 0.4) is 0 Å². The first-order valence-electron chi connectivity index (χ1n) is 10.4. The Hall–Kier alpha value is -2.64. The average Bonchev–Trinajstić information content (AvgIpc) is 3.22. The smallest absolute Gasteiger partial charge is 0.195 e. The van der Waals surface area contributed by atoms with E-state index in [0.29, 0.717) is 23.8 Å². The van der Waals surface area contributed by atoms with Gasteiger partial charge in [-0.25, -0.2) is 0 Å². The molecule has 0 radical (unpaired) electrons. The molecule has 0 spiro atoms. The molecule has 4 rings (SSSR count). The van der Waals surface area contributed by atoms with Crippen LogP contribution in [0, 0.1) is 0 Å². The van der Waals surface area contributed by atoms with Crippen LogP contribution in [0.15, 0.2) is 90.1 Å². The Morgan fingerprint density at radius 1 is 0.875 bits per heavy atom. The van der Waals surface area contributed by atoms with Gasteiger partial charge in [0.15, 0.2) is 5.16 Å². The lowest BCUT2D eigenvalue weighted by Crippen LogP contribution is -2.18. The van der Waals surface area contributed by atoms with Gasteiger partial charge in [-0.05, 0) is 35.4 Å². The predicted molar refractivity (Wildman–Crippen MR) is 128 cm³/mol. The molecule has 7 heteroatoms. The number of benzene rings is 3. The summed E-state index contributed by atoms with van der Waals surface area (Å²) >= 11 is 7.54. The number of hydrogen-bond acceptors (Lipinski definition) is 5. The summed E-state index contributed by atoms with van der Waals surface area (Å²) in [4.78, 5) is 0. The van der Waals surface area contributed by atoms with E-state index in [0.717, 1.165) is 27.8 Å².